The number of hydrogen-bond acceptors (Lipinski definition) is 4. The van der Waals surface area contributed by atoms with E-state index in [0.717, 1.165) is 17.7 Å². The van der Waals surface area contributed by atoms with Crippen molar-refractivity contribution in [3.63, 3.8) is 0 Å². The van der Waals surface area contributed by atoms with Gasteiger partial charge in [0.1, 0.15) is 0 Å². The van der Waals surface area contributed by atoms with E-state index in [1.807, 2.05) is 30.3 Å². The van der Waals surface area contributed by atoms with Gasteiger partial charge in [0.15, 0.2) is 22.5 Å². The number of aryl methyl sites for hydroxylation is 1. The molecule has 30 heavy (non-hydrogen) atoms. The van der Waals surface area contributed by atoms with Crippen LogP contribution >= 0.6 is 0 Å². The lowest BCUT2D eigenvalue weighted by atomic mass is 9.94. The second kappa shape index (κ2) is 7.77. The Morgan fingerprint density at radius 1 is 1.03 bits per heavy atom. The number of benzene rings is 2. The molecule has 1 aliphatic rings. The van der Waals surface area contributed by atoms with Crippen molar-refractivity contribution in [2.24, 2.45) is 7.05 Å². The molecular formula is C20H19F3N4O2S. The molecule has 0 radical (unpaired) electrons. The molecule has 1 aliphatic heterocycles. The average Bonchev–Trinajstić information content (AvgIpc) is 3.36. The third kappa shape index (κ3) is 3.68. The summed E-state index contributed by atoms with van der Waals surface area (Å²) in [5, 5.41) is 2.78. The van der Waals surface area contributed by atoms with Gasteiger partial charge in [-0.25, -0.2) is 26.6 Å². The maximum atomic E-state index is 14.2. The highest BCUT2D eigenvalue weighted by Crippen LogP contribution is 2.34. The predicted molar refractivity (Wildman–Crippen MR) is 105 cm³/mol. The third-order valence-corrected chi connectivity index (χ3v) is 6.89. The number of hydrogen-bond donors (Lipinski definition) is 1. The molecule has 0 saturated carbocycles. The lowest BCUT2D eigenvalue weighted by molar-refractivity contribution is 0.447. The number of aromatic nitrogens is 2. The molecule has 10 heteroatoms. The number of nitrogens with one attached hydrogen (secondary N) is 1. The topological polar surface area (TPSA) is 67.2 Å². The van der Waals surface area contributed by atoms with E-state index in [1.54, 1.807) is 7.05 Å². The van der Waals surface area contributed by atoms with E-state index in [4.69, 9.17) is 0 Å². The second-order valence-electron chi connectivity index (χ2n) is 7.19. The summed E-state index contributed by atoms with van der Waals surface area (Å²) in [4.78, 5) is 3.94. The third-order valence-electron chi connectivity index (χ3n) is 5.18. The lowest BCUT2D eigenvalue weighted by Gasteiger charge is -2.21. The summed E-state index contributed by atoms with van der Waals surface area (Å²) in [6.07, 6.45) is 2.80. The summed E-state index contributed by atoms with van der Waals surface area (Å²) in [6.45, 7) is 0.142. The first-order valence-corrected chi connectivity index (χ1v) is 10.6. The fraction of sp³-hybridized carbons (Fsp3) is 0.250. The molecule has 2 heterocycles. The lowest BCUT2D eigenvalue weighted by Crippen LogP contribution is -2.32. The van der Waals surface area contributed by atoms with E-state index in [0.29, 0.717) is 0 Å². The van der Waals surface area contributed by atoms with Crippen molar-refractivity contribution >= 4 is 15.7 Å². The minimum absolute atomic E-state index is 0.0108. The molecule has 2 unspecified atom stereocenters. The normalized spacial score (nSPS) is 19.9. The van der Waals surface area contributed by atoms with Crippen LogP contribution in [0.15, 0.2) is 60.0 Å². The Morgan fingerprint density at radius 3 is 2.43 bits per heavy atom. The Hall–Kier alpha value is -2.85. The van der Waals surface area contributed by atoms with E-state index in [9.17, 15) is 21.6 Å². The molecule has 1 aromatic heterocycles. The van der Waals surface area contributed by atoms with Crippen LogP contribution in [0.25, 0.3) is 0 Å². The maximum absolute atomic E-state index is 14.2. The average molecular weight is 436 g/mol. The van der Waals surface area contributed by atoms with Crippen molar-refractivity contribution < 1.29 is 21.6 Å². The molecule has 0 bridgehead atoms. The van der Waals surface area contributed by atoms with Crippen molar-refractivity contribution in [3.8, 4) is 0 Å². The van der Waals surface area contributed by atoms with Crippen LogP contribution in [-0.4, -0.2) is 41.4 Å². The molecule has 1 fully saturated rings. The zero-order valence-electron chi connectivity index (χ0n) is 16.0. The molecule has 0 aliphatic carbocycles. The van der Waals surface area contributed by atoms with E-state index < -0.39 is 33.5 Å². The molecule has 4 rings (SSSR count). The molecule has 1 saturated heterocycles. The Morgan fingerprint density at radius 2 is 1.77 bits per heavy atom. The molecule has 2 aromatic carbocycles. The van der Waals surface area contributed by atoms with Crippen molar-refractivity contribution in [1.82, 2.24) is 13.9 Å². The zero-order chi connectivity index (χ0) is 21.5. The molecule has 1 N–H and O–H groups in total. The number of halogens is 3. The van der Waals surface area contributed by atoms with Crippen LogP contribution < -0.4 is 5.32 Å². The molecule has 6 nitrogen and oxygen atoms in total. The number of anilines is 1. The fourth-order valence-corrected chi connectivity index (χ4v) is 5.10. The Labute approximate surface area is 172 Å². The van der Waals surface area contributed by atoms with Crippen LogP contribution in [0.5, 0.6) is 0 Å². The van der Waals surface area contributed by atoms with Gasteiger partial charge >= 0.3 is 0 Å². The van der Waals surface area contributed by atoms with E-state index >= 15 is 0 Å². The summed E-state index contributed by atoms with van der Waals surface area (Å²) < 4.78 is 70.0. The summed E-state index contributed by atoms with van der Waals surface area (Å²) in [6, 6.07) is 10.5. The van der Waals surface area contributed by atoms with Gasteiger partial charge in [0.2, 0.25) is 0 Å². The van der Waals surface area contributed by atoms with E-state index in [-0.39, 0.29) is 29.7 Å². The van der Waals surface area contributed by atoms with E-state index in [2.05, 4.69) is 10.3 Å². The summed E-state index contributed by atoms with van der Waals surface area (Å²) in [7, 11) is -2.21. The quantitative estimate of drug-likeness (QED) is 0.625. The van der Waals surface area contributed by atoms with Crippen molar-refractivity contribution in [3.05, 3.63) is 78.0 Å². The maximum Gasteiger partial charge on any atom is 0.262 e. The van der Waals surface area contributed by atoms with Crippen LogP contribution in [0, 0.1) is 17.5 Å². The van der Waals surface area contributed by atoms with Gasteiger partial charge < -0.3 is 9.88 Å². The largest absolute Gasteiger partial charge is 0.378 e. The highest BCUT2D eigenvalue weighted by Gasteiger charge is 2.41. The van der Waals surface area contributed by atoms with E-state index in [1.165, 1.54) is 21.4 Å². The first-order valence-electron chi connectivity index (χ1n) is 9.20. The van der Waals surface area contributed by atoms with Crippen molar-refractivity contribution in [2.75, 3.05) is 18.4 Å². The van der Waals surface area contributed by atoms with Crippen LogP contribution in [0.2, 0.25) is 0 Å². The summed E-state index contributed by atoms with van der Waals surface area (Å²) >= 11 is 0. The van der Waals surface area contributed by atoms with Crippen molar-refractivity contribution in [1.29, 1.82) is 0 Å². The molecule has 0 amide bonds. The Bertz CT molecular complexity index is 1170. The van der Waals surface area contributed by atoms with Crippen LogP contribution in [-0.2, 0) is 17.1 Å². The first-order chi connectivity index (χ1) is 14.3. The van der Waals surface area contributed by atoms with Gasteiger partial charge in [0.05, 0.1) is 12.0 Å². The van der Waals surface area contributed by atoms with Gasteiger partial charge in [-0.3, -0.25) is 0 Å². The van der Waals surface area contributed by atoms with Crippen LogP contribution in [0.3, 0.4) is 0 Å². The second-order valence-corrected chi connectivity index (χ2v) is 9.08. The van der Waals surface area contributed by atoms with Gasteiger partial charge in [-0.1, -0.05) is 30.3 Å². The number of nitrogens with zero attached hydrogens (tertiary/aromatic N) is 3. The SMILES string of the molecule is Cn1cnc(S(=O)(=O)N2CC(Nc3ccc(F)c(F)c3F)C(c3ccccc3)C2)c1. The standard InChI is InChI=1S/C20H19F3N4O2S/c1-26-11-18(24-12-26)30(28,29)27-9-14(13-5-3-2-4-6-13)17(10-27)25-16-8-7-15(21)19(22)20(16)23/h2-8,11-12,14,17,25H,9-10H2,1H3. The number of imidazole rings is 1. The zero-order valence-corrected chi connectivity index (χ0v) is 16.8. The molecule has 3 aromatic rings. The predicted octanol–water partition coefficient (Wildman–Crippen LogP) is 3.11. The van der Waals surface area contributed by atoms with Gasteiger partial charge in [0.25, 0.3) is 10.0 Å². The van der Waals surface area contributed by atoms with Crippen LogP contribution in [0.4, 0.5) is 18.9 Å². The minimum Gasteiger partial charge on any atom is -0.378 e. The molecule has 2 atom stereocenters. The Kier molecular flexibility index (Phi) is 5.29. The monoisotopic (exact) mass is 436 g/mol. The highest BCUT2D eigenvalue weighted by molar-refractivity contribution is 7.89. The molecule has 158 valence electrons. The smallest absolute Gasteiger partial charge is 0.262 e. The fourth-order valence-electron chi connectivity index (χ4n) is 3.64. The summed E-state index contributed by atoms with van der Waals surface area (Å²) in [5.41, 5.74) is 0.619. The number of sulfonamides is 1. The van der Waals surface area contributed by atoms with Crippen molar-refractivity contribution in [2.45, 2.75) is 17.0 Å². The summed E-state index contributed by atoms with van der Waals surface area (Å²) in [5.74, 6) is -4.54. The minimum atomic E-state index is -3.88. The van der Waals surface area contributed by atoms with Gasteiger partial charge in [-0.15, -0.1) is 0 Å². The first kappa shape index (κ1) is 20.4. The van der Waals surface area contributed by atoms with Gasteiger partial charge in [0, 0.05) is 38.3 Å². The van der Waals surface area contributed by atoms with Gasteiger partial charge in [-0.2, -0.15) is 4.31 Å². The molecule has 0 spiro atoms. The van der Waals surface area contributed by atoms with Gasteiger partial charge in [-0.05, 0) is 17.7 Å². The number of rotatable bonds is 5. The Balaban J connectivity index is 1.68. The molecular weight excluding hydrogens is 417 g/mol. The van der Waals surface area contributed by atoms with Crippen LogP contribution in [0.1, 0.15) is 11.5 Å². The highest BCUT2D eigenvalue weighted by atomic mass is 32.2.